The van der Waals surface area contributed by atoms with Gasteiger partial charge in [0.25, 0.3) is 5.91 Å². The van der Waals surface area contributed by atoms with Gasteiger partial charge in [-0.2, -0.15) is 0 Å². The number of ether oxygens (including phenoxy) is 3. The van der Waals surface area contributed by atoms with Crippen molar-refractivity contribution < 1.29 is 23.8 Å². The summed E-state index contributed by atoms with van der Waals surface area (Å²) in [5, 5.41) is 2.78. The lowest BCUT2D eigenvalue weighted by Crippen LogP contribution is -2.37. The predicted octanol–water partition coefficient (Wildman–Crippen LogP) is 3.03. The second kappa shape index (κ2) is 9.93. The Kier molecular flexibility index (Phi) is 7.08. The third-order valence-electron chi connectivity index (χ3n) is 4.49. The highest BCUT2D eigenvalue weighted by atomic mass is 16.5. The molecule has 3 rings (SSSR count). The fourth-order valence-electron chi connectivity index (χ4n) is 3.12. The molecule has 2 aromatic rings. The van der Waals surface area contributed by atoms with Crippen molar-refractivity contribution in [3.63, 3.8) is 0 Å². The van der Waals surface area contributed by atoms with Crippen LogP contribution in [0.15, 0.2) is 42.5 Å². The number of nitrogens with one attached hydrogen (secondary N) is 1. The standard InChI is InChI=1S/C22H26N2O5/c1-3-28-22(26)19-14-17(7-8-20(19)24-9-11-27-12-10-24)23-21(25)15-29-18-6-4-5-16(2)13-18/h4-8,13-14H,3,9-12,15H2,1-2H3,(H,23,25). The van der Waals surface area contributed by atoms with Gasteiger partial charge in [-0.15, -0.1) is 0 Å². The molecule has 1 aliphatic rings. The van der Waals surface area contributed by atoms with Gasteiger partial charge in [0.05, 0.1) is 31.1 Å². The van der Waals surface area contributed by atoms with Gasteiger partial charge in [0.2, 0.25) is 0 Å². The molecule has 0 saturated carbocycles. The first-order valence-corrected chi connectivity index (χ1v) is 9.70. The molecule has 0 aliphatic carbocycles. The smallest absolute Gasteiger partial charge is 0.340 e. The molecule has 0 atom stereocenters. The first-order valence-electron chi connectivity index (χ1n) is 9.70. The van der Waals surface area contributed by atoms with Crippen molar-refractivity contribution in [2.45, 2.75) is 13.8 Å². The number of amides is 1. The Balaban J connectivity index is 1.70. The number of anilines is 2. The van der Waals surface area contributed by atoms with Crippen LogP contribution in [0.3, 0.4) is 0 Å². The Labute approximate surface area is 170 Å². The van der Waals surface area contributed by atoms with Crippen LogP contribution >= 0.6 is 0 Å². The van der Waals surface area contributed by atoms with E-state index in [2.05, 4.69) is 10.2 Å². The summed E-state index contributed by atoms with van der Waals surface area (Å²) in [6.45, 7) is 6.49. The van der Waals surface area contributed by atoms with Gasteiger partial charge in [0, 0.05) is 18.8 Å². The Morgan fingerprint density at radius 2 is 1.93 bits per heavy atom. The second-order valence-corrected chi connectivity index (χ2v) is 6.71. The Morgan fingerprint density at radius 3 is 2.66 bits per heavy atom. The Hall–Kier alpha value is -3.06. The van der Waals surface area contributed by atoms with Crippen LogP contribution in [0.4, 0.5) is 11.4 Å². The molecular weight excluding hydrogens is 372 g/mol. The number of hydrogen-bond donors (Lipinski definition) is 1. The maximum atomic E-state index is 12.5. The number of carbonyl (C=O) groups is 2. The highest BCUT2D eigenvalue weighted by molar-refractivity contribution is 5.99. The number of aryl methyl sites for hydroxylation is 1. The molecular formula is C22H26N2O5. The molecule has 154 valence electrons. The normalized spacial score (nSPS) is 13.7. The van der Waals surface area contributed by atoms with Crippen molar-refractivity contribution in [2.75, 3.05) is 49.7 Å². The van der Waals surface area contributed by atoms with E-state index < -0.39 is 5.97 Å². The Morgan fingerprint density at radius 1 is 1.14 bits per heavy atom. The summed E-state index contributed by atoms with van der Waals surface area (Å²) in [5.74, 6) is -0.0865. The number of esters is 1. The largest absolute Gasteiger partial charge is 0.484 e. The first kappa shape index (κ1) is 20.7. The molecule has 0 spiro atoms. The molecule has 1 heterocycles. The number of hydrogen-bond acceptors (Lipinski definition) is 6. The van der Waals surface area contributed by atoms with E-state index in [4.69, 9.17) is 14.2 Å². The van der Waals surface area contributed by atoms with Crippen LogP contribution in [0.2, 0.25) is 0 Å². The van der Waals surface area contributed by atoms with Gasteiger partial charge in [0.1, 0.15) is 5.75 Å². The third-order valence-corrected chi connectivity index (χ3v) is 4.49. The minimum Gasteiger partial charge on any atom is -0.484 e. The van der Waals surface area contributed by atoms with Crippen LogP contribution in [-0.2, 0) is 14.3 Å². The molecule has 0 bridgehead atoms. The average Bonchev–Trinajstić information content (AvgIpc) is 2.73. The van der Waals surface area contributed by atoms with E-state index >= 15 is 0 Å². The molecule has 2 aromatic carbocycles. The summed E-state index contributed by atoms with van der Waals surface area (Å²) in [6.07, 6.45) is 0. The number of rotatable bonds is 7. The summed E-state index contributed by atoms with van der Waals surface area (Å²) >= 11 is 0. The van der Waals surface area contributed by atoms with E-state index in [0.717, 1.165) is 11.3 Å². The molecule has 29 heavy (non-hydrogen) atoms. The molecule has 7 heteroatoms. The molecule has 7 nitrogen and oxygen atoms in total. The zero-order valence-corrected chi connectivity index (χ0v) is 16.8. The lowest BCUT2D eigenvalue weighted by Gasteiger charge is -2.30. The minimum absolute atomic E-state index is 0.122. The maximum Gasteiger partial charge on any atom is 0.340 e. The highest BCUT2D eigenvalue weighted by Crippen LogP contribution is 2.26. The van der Waals surface area contributed by atoms with E-state index in [-0.39, 0.29) is 19.1 Å². The SMILES string of the molecule is CCOC(=O)c1cc(NC(=O)COc2cccc(C)c2)ccc1N1CCOCC1. The zero-order chi connectivity index (χ0) is 20.6. The minimum atomic E-state index is -0.416. The average molecular weight is 398 g/mol. The molecule has 1 N–H and O–H groups in total. The van der Waals surface area contributed by atoms with Crippen LogP contribution in [0.25, 0.3) is 0 Å². The molecule has 1 amide bonds. The predicted molar refractivity (Wildman–Crippen MR) is 111 cm³/mol. The maximum absolute atomic E-state index is 12.5. The molecule has 0 radical (unpaired) electrons. The lowest BCUT2D eigenvalue weighted by atomic mass is 10.1. The van der Waals surface area contributed by atoms with Crippen LogP contribution in [0.5, 0.6) is 5.75 Å². The van der Waals surface area contributed by atoms with Gasteiger partial charge in [-0.05, 0) is 49.7 Å². The van der Waals surface area contributed by atoms with Gasteiger partial charge < -0.3 is 24.4 Å². The summed E-state index contributed by atoms with van der Waals surface area (Å²) in [4.78, 5) is 26.8. The van der Waals surface area contributed by atoms with Crippen molar-refractivity contribution in [1.29, 1.82) is 0 Å². The third kappa shape index (κ3) is 5.71. The van der Waals surface area contributed by atoms with Gasteiger partial charge >= 0.3 is 5.97 Å². The summed E-state index contributed by atoms with van der Waals surface area (Å²) < 4.78 is 16.1. The van der Waals surface area contributed by atoms with E-state index in [0.29, 0.717) is 43.3 Å². The highest BCUT2D eigenvalue weighted by Gasteiger charge is 2.20. The van der Waals surface area contributed by atoms with Gasteiger partial charge in [-0.25, -0.2) is 4.79 Å². The number of carbonyl (C=O) groups excluding carboxylic acids is 2. The van der Waals surface area contributed by atoms with Crippen LogP contribution in [-0.4, -0.2) is 51.4 Å². The van der Waals surface area contributed by atoms with Crippen molar-refractivity contribution in [3.05, 3.63) is 53.6 Å². The topological polar surface area (TPSA) is 77.1 Å². The summed E-state index contributed by atoms with van der Waals surface area (Å²) in [6, 6.07) is 12.7. The number of benzene rings is 2. The molecule has 1 aliphatic heterocycles. The summed E-state index contributed by atoms with van der Waals surface area (Å²) in [7, 11) is 0. The van der Waals surface area contributed by atoms with Crippen LogP contribution < -0.4 is 15.0 Å². The lowest BCUT2D eigenvalue weighted by molar-refractivity contribution is -0.118. The van der Waals surface area contributed by atoms with Crippen LogP contribution in [0, 0.1) is 6.92 Å². The monoisotopic (exact) mass is 398 g/mol. The van der Waals surface area contributed by atoms with Gasteiger partial charge in [-0.3, -0.25) is 4.79 Å². The van der Waals surface area contributed by atoms with E-state index in [1.807, 2.05) is 31.2 Å². The van der Waals surface area contributed by atoms with Gasteiger partial charge in [-0.1, -0.05) is 12.1 Å². The fraction of sp³-hybridized carbons (Fsp3) is 0.364. The van der Waals surface area contributed by atoms with E-state index in [9.17, 15) is 9.59 Å². The zero-order valence-electron chi connectivity index (χ0n) is 16.8. The quantitative estimate of drug-likeness (QED) is 0.723. The van der Waals surface area contributed by atoms with E-state index in [1.54, 1.807) is 25.1 Å². The van der Waals surface area contributed by atoms with Gasteiger partial charge in [0.15, 0.2) is 6.61 Å². The number of nitrogens with zero attached hydrogens (tertiary/aromatic N) is 1. The second-order valence-electron chi connectivity index (χ2n) is 6.71. The first-order chi connectivity index (χ1) is 14.1. The molecule has 1 saturated heterocycles. The van der Waals surface area contributed by atoms with Crippen molar-refractivity contribution in [3.8, 4) is 5.75 Å². The van der Waals surface area contributed by atoms with E-state index in [1.165, 1.54) is 0 Å². The molecule has 0 aromatic heterocycles. The molecule has 1 fully saturated rings. The summed E-state index contributed by atoms with van der Waals surface area (Å²) in [5.41, 5.74) is 2.77. The van der Waals surface area contributed by atoms with Crippen molar-refractivity contribution in [1.82, 2.24) is 0 Å². The molecule has 0 unspecified atom stereocenters. The van der Waals surface area contributed by atoms with Crippen LogP contribution in [0.1, 0.15) is 22.8 Å². The van der Waals surface area contributed by atoms with Crippen molar-refractivity contribution in [2.24, 2.45) is 0 Å². The Bertz CT molecular complexity index is 862. The fourth-order valence-corrected chi connectivity index (χ4v) is 3.12. The number of morpholine rings is 1. The van der Waals surface area contributed by atoms with Crippen molar-refractivity contribution >= 4 is 23.3 Å².